The van der Waals surface area contributed by atoms with Crippen molar-refractivity contribution in [2.24, 2.45) is 0 Å². The molecule has 4 nitrogen and oxygen atoms in total. The normalized spacial score (nSPS) is 18.0. The zero-order chi connectivity index (χ0) is 13.7. The smallest absolute Gasteiger partial charge is 0.337 e. The summed E-state index contributed by atoms with van der Waals surface area (Å²) in [6, 6.07) is 7.52. The van der Waals surface area contributed by atoms with Gasteiger partial charge in [-0.25, -0.2) is 4.79 Å². The molecule has 1 aromatic rings. The molecule has 1 aromatic carbocycles. The van der Waals surface area contributed by atoms with Crippen molar-refractivity contribution in [1.29, 1.82) is 0 Å². The summed E-state index contributed by atoms with van der Waals surface area (Å²) in [5, 5.41) is 3.58. The van der Waals surface area contributed by atoms with E-state index < -0.39 is 0 Å². The minimum atomic E-state index is -0.295. The van der Waals surface area contributed by atoms with Crippen molar-refractivity contribution in [3.05, 3.63) is 35.4 Å². The van der Waals surface area contributed by atoms with E-state index in [-0.39, 0.29) is 11.5 Å². The highest BCUT2D eigenvalue weighted by Gasteiger charge is 2.26. The van der Waals surface area contributed by atoms with Crippen LogP contribution in [0.1, 0.15) is 35.7 Å². The third-order valence-electron chi connectivity index (χ3n) is 3.69. The molecule has 2 rings (SSSR count). The molecule has 0 saturated carbocycles. The van der Waals surface area contributed by atoms with Gasteiger partial charge in [0.1, 0.15) is 0 Å². The van der Waals surface area contributed by atoms with E-state index in [9.17, 15) is 4.79 Å². The van der Waals surface area contributed by atoms with E-state index >= 15 is 0 Å². The predicted octanol–water partition coefficient (Wildman–Crippen LogP) is 2.13. The molecule has 1 saturated heterocycles. The average molecular weight is 263 g/mol. The highest BCUT2D eigenvalue weighted by molar-refractivity contribution is 5.89. The van der Waals surface area contributed by atoms with Crippen molar-refractivity contribution in [2.75, 3.05) is 20.3 Å². The van der Waals surface area contributed by atoms with Gasteiger partial charge in [-0.05, 0) is 37.5 Å². The van der Waals surface area contributed by atoms with Crippen molar-refractivity contribution in [1.82, 2.24) is 5.32 Å². The maximum Gasteiger partial charge on any atom is 0.337 e. The molecule has 0 radical (unpaired) electrons. The fraction of sp³-hybridized carbons (Fsp3) is 0.533. The molecule has 1 N–H and O–H groups in total. The van der Waals surface area contributed by atoms with Crippen LogP contribution in [0.25, 0.3) is 0 Å². The Kier molecular flexibility index (Phi) is 4.56. The summed E-state index contributed by atoms with van der Waals surface area (Å²) in [7, 11) is 1.39. The molecule has 1 aliphatic heterocycles. The zero-order valence-corrected chi connectivity index (χ0v) is 11.6. The first-order chi connectivity index (χ1) is 9.13. The largest absolute Gasteiger partial charge is 0.465 e. The molecular formula is C15H21NO3. The minimum absolute atomic E-state index is 0.152. The first-order valence-electron chi connectivity index (χ1n) is 6.63. The van der Waals surface area contributed by atoms with Gasteiger partial charge in [0.15, 0.2) is 0 Å². The monoisotopic (exact) mass is 263 g/mol. The predicted molar refractivity (Wildman–Crippen MR) is 73.1 cm³/mol. The quantitative estimate of drug-likeness (QED) is 0.845. The maximum atomic E-state index is 11.3. The number of rotatable bonds is 4. The number of nitrogens with one attached hydrogen (secondary N) is 1. The van der Waals surface area contributed by atoms with Gasteiger partial charge in [-0.15, -0.1) is 0 Å². The fourth-order valence-corrected chi connectivity index (χ4v) is 2.19. The molecule has 0 aliphatic carbocycles. The molecule has 0 unspecified atom stereocenters. The topological polar surface area (TPSA) is 47.6 Å². The lowest BCUT2D eigenvalue weighted by atomic mass is 9.92. The molecule has 1 heterocycles. The maximum absolute atomic E-state index is 11.3. The van der Waals surface area contributed by atoms with Crippen LogP contribution in [0.2, 0.25) is 0 Å². The SMILES string of the molecule is COC(=O)c1ccc(CNC2(C)CCOCC2)cc1. The first kappa shape index (κ1) is 14.0. The van der Waals surface area contributed by atoms with Crippen LogP contribution in [0.15, 0.2) is 24.3 Å². The summed E-state index contributed by atoms with van der Waals surface area (Å²) in [5.41, 5.74) is 1.91. The second-order valence-electron chi connectivity index (χ2n) is 5.22. The van der Waals surface area contributed by atoms with Crippen LogP contribution in [-0.2, 0) is 16.0 Å². The number of carbonyl (C=O) groups is 1. The Morgan fingerprint density at radius 2 is 1.95 bits per heavy atom. The Morgan fingerprint density at radius 1 is 1.32 bits per heavy atom. The van der Waals surface area contributed by atoms with E-state index in [1.54, 1.807) is 12.1 Å². The highest BCUT2D eigenvalue weighted by Crippen LogP contribution is 2.20. The second kappa shape index (κ2) is 6.17. The van der Waals surface area contributed by atoms with Gasteiger partial charge in [0, 0.05) is 25.3 Å². The van der Waals surface area contributed by atoms with Gasteiger partial charge in [-0.1, -0.05) is 12.1 Å². The van der Waals surface area contributed by atoms with Crippen LogP contribution < -0.4 is 5.32 Å². The fourth-order valence-electron chi connectivity index (χ4n) is 2.19. The lowest BCUT2D eigenvalue weighted by Gasteiger charge is -2.34. The molecule has 1 aliphatic rings. The van der Waals surface area contributed by atoms with Gasteiger partial charge in [-0.2, -0.15) is 0 Å². The highest BCUT2D eigenvalue weighted by atomic mass is 16.5. The molecule has 0 bridgehead atoms. The van der Waals surface area contributed by atoms with Crippen molar-refractivity contribution < 1.29 is 14.3 Å². The van der Waals surface area contributed by atoms with Crippen molar-refractivity contribution in [3.63, 3.8) is 0 Å². The number of hydrogen-bond donors (Lipinski definition) is 1. The summed E-state index contributed by atoms with van der Waals surface area (Å²) in [6.45, 7) is 4.69. The van der Waals surface area contributed by atoms with E-state index in [0.29, 0.717) is 5.56 Å². The van der Waals surface area contributed by atoms with Crippen LogP contribution in [0.4, 0.5) is 0 Å². The van der Waals surface area contributed by atoms with Crippen LogP contribution >= 0.6 is 0 Å². The third-order valence-corrected chi connectivity index (χ3v) is 3.69. The van der Waals surface area contributed by atoms with Crippen molar-refractivity contribution >= 4 is 5.97 Å². The van der Waals surface area contributed by atoms with E-state index in [1.165, 1.54) is 12.7 Å². The number of hydrogen-bond acceptors (Lipinski definition) is 4. The third kappa shape index (κ3) is 3.78. The van der Waals surface area contributed by atoms with Gasteiger partial charge in [0.05, 0.1) is 12.7 Å². The van der Waals surface area contributed by atoms with E-state index in [4.69, 9.17) is 4.74 Å². The van der Waals surface area contributed by atoms with Crippen LogP contribution in [0.5, 0.6) is 0 Å². The average Bonchev–Trinajstić information content (AvgIpc) is 2.46. The van der Waals surface area contributed by atoms with Crippen LogP contribution in [0, 0.1) is 0 Å². The molecular weight excluding hydrogens is 242 g/mol. The van der Waals surface area contributed by atoms with Gasteiger partial charge in [0.2, 0.25) is 0 Å². The van der Waals surface area contributed by atoms with Crippen molar-refractivity contribution in [3.8, 4) is 0 Å². The zero-order valence-electron chi connectivity index (χ0n) is 11.6. The van der Waals surface area contributed by atoms with Crippen LogP contribution in [-0.4, -0.2) is 31.8 Å². The second-order valence-corrected chi connectivity index (χ2v) is 5.22. The Hall–Kier alpha value is -1.39. The van der Waals surface area contributed by atoms with E-state index in [2.05, 4.69) is 17.0 Å². The summed E-state index contributed by atoms with van der Waals surface area (Å²) in [5.74, 6) is -0.295. The summed E-state index contributed by atoms with van der Waals surface area (Å²) in [4.78, 5) is 11.3. The molecule has 19 heavy (non-hydrogen) atoms. The number of methoxy groups -OCH3 is 1. The Labute approximate surface area is 114 Å². The molecule has 0 amide bonds. The van der Waals surface area contributed by atoms with Gasteiger partial charge < -0.3 is 14.8 Å². The number of carbonyl (C=O) groups excluding carboxylic acids is 1. The molecule has 0 atom stereocenters. The lowest BCUT2D eigenvalue weighted by Crippen LogP contribution is -2.46. The number of esters is 1. The summed E-state index contributed by atoms with van der Waals surface area (Å²) < 4.78 is 10.1. The first-order valence-corrected chi connectivity index (χ1v) is 6.63. The Bertz CT molecular complexity index is 422. The van der Waals surface area contributed by atoms with E-state index in [1.807, 2.05) is 12.1 Å². The lowest BCUT2D eigenvalue weighted by molar-refractivity contribution is 0.0446. The Balaban J connectivity index is 1.91. The molecule has 0 spiro atoms. The molecule has 0 aromatic heterocycles. The molecule has 1 fully saturated rings. The number of benzene rings is 1. The van der Waals surface area contributed by atoms with E-state index in [0.717, 1.165) is 32.6 Å². The standard InChI is InChI=1S/C15H21NO3/c1-15(7-9-19-10-8-15)16-11-12-3-5-13(6-4-12)14(17)18-2/h3-6,16H,7-11H2,1-2H3. The Morgan fingerprint density at radius 3 is 2.53 bits per heavy atom. The van der Waals surface area contributed by atoms with Gasteiger partial charge >= 0.3 is 5.97 Å². The van der Waals surface area contributed by atoms with Crippen LogP contribution in [0.3, 0.4) is 0 Å². The molecule has 104 valence electrons. The summed E-state index contributed by atoms with van der Waals surface area (Å²) in [6.07, 6.45) is 2.07. The summed E-state index contributed by atoms with van der Waals surface area (Å²) >= 11 is 0. The van der Waals surface area contributed by atoms with Gasteiger partial charge in [-0.3, -0.25) is 0 Å². The molecule has 4 heteroatoms. The number of ether oxygens (including phenoxy) is 2. The minimum Gasteiger partial charge on any atom is -0.465 e. The van der Waals surface area contributed by atoms with Crippen molar-refractivity contribution in [2.45, 2.75) is 31.8 Å². The van der Waals surface area contributed by atoms with Gasteiger partial charge in [0.25, 0.3) is 0 Å².